The van der Waals surface area contributed by atoms with E-state index in [0.717, 1.165) is 19.4 Å². The first-order valence-electron chi connectivity index (χ1n) is 7.69. The number of halogens is 1. The first-order valence-corrected chi connectivity index (χ1v) is 9.13. The van der Waals surface area contributed by atoms with Crippen molar-refractivity contribution in [3.63, 3.8) is 0 Å². The van der Waals surface area contributed by atoms with Crippen molar-refractivity contribution in [2.75, 3.05) is 13.1 Å². The highest BCUT2D eigenvalue weighted by Gasteiger charge is 2.31. The molecule has 1 aliphatic heterocycles. The van der Waals surface area contributed by atoms with Crippen molar-refractivity contribution in [1.29, 1.82) is 0 Å². The van der Waals surface area contributed by atoms with Crippen LogP contribution in [0.4, 0.5) is 4.39 Å². The molecule has 1 aromatic carbocycles. The number of hydrogen-bond acceptors (Lipinski definition) is 3. The lowest BCUT2D eigenvalue weighted by Crippen LogP contribution is -2.41. The topological polar surface area (TPSA) is 55.2 Å². The zero-order valence-electron chi connectivity index (χ0n) is 13.0. The second kappa shape index (κ2) is 6.41. The molecular weight excluding hydrogens is 317 g/mol. The molecule has 23 heavy (non-hydrogen) atoms. The summed E-state index contributed by atoms with van der Waals surface area (Å²) in [6.07, 6.45) is 7.18. The van der Waals surface area contributed by atoms with E-state index < -0.39 is 15.8 Å². The number of aromatic nitrogens is 2. The van der Waals surface area contributed by atoms with Gasteiger partial charge in [0.15, 0.2) is 0 Å². The Kier molecular flexibility index (Phi) is 4.50. The maximum absolute atomic E-state index is 13.2. The third kappa shape index (κ3) is 3.45. The summed E-state index contributed by atoms with van der Waals surface area (Å²) < 4.78 is 42.4. The summed E-state index contributed by atoms with van der Waals surface area (Å²) in [7, 11) is -3.58. The molecule has 1 atom stereocenters. The fourth-order valence-corrected chi connectivity index (χ4v) is 4.89. The predicted molar refractivity (Wildman–Crippen MR) is 84.8 cm³/mol. The van der Waals surface area contributed by atoms with Gasteiger partial charge in [-0.15, -0.1) is 0 Å². The van der Waals surface area contributed by atoms with E-state index in [-0.39, 0.29) is 10.8 Å². The minimum absolute atomic E-state index is 0.196. The van der Waals surface area contributed by atoms with Crippen molar-refractivity contribution in [2.45, 2.75) is 31.2 Å². The van der Waals surface area contributed by atoms with Crippen LogP contribution < -0.4 is 0 Å². The van der Waals surface area contributed by atoms with Gasteiger partial charge < -0.3 is 4.57 Å². The molecule has 2 aromatic rings. The van der Waals surface area contributed by atoms with Crippen molar-refractivity contribution in [2.24, 2.45) is 5.92 Å². The zero-order chi connectivity index (χ0) is 16.4. The fourth-order valence-electron chi connectivity index (χ4n) is 3.13. The van der Waals surface area contributed by atoms with E-state index in [9.17, 15) is 12.8 Å². The second-order valence-corrected chi connectivity index (χ2v) is 7.95. The van der Waals surface area contributed by atoms with Gasteiger partial charge in [0.05, 0.1) is 11.2 Å². The van der Waals surface area contributed by atoms with Gasteiger partial charge in [0.25, 0.3) is 0 Å². The van der Waals surface area contributed by atoms with Crippen LogP contribution in [0.5, 0.6) is 0 Å². The van der Waals surface area contributed by atoms with Crippen LogP contribution in [0.25, 0.3) is 0 Å². The van der Waals surface area contributed by atoms with Gasteiger partial charge in [-0.25, -0.2) is 17.8 Å². The SMILES string of the molecule is Cc1cc(F)ccc1S(=O)(=O)N1CCCC(Cn2ccnc2)C1. The fraction of sp³-hybridized carbons (Fsp3) is 0.438. The number of nitrogens with zero attached hydrogens (tertiary/aromatic N) is 3. The Balaban J connectivity index is 1.79. The van der Waals surface area contributed by atoms with E-state index in [4.69, 9.17) is 0 Å². The first kappa shape index (κ1) is 16.1. The van der Waals surface area contributed by atoms with Crippen LogP contribution in [0, 0.1) is 18.7 Å². The second-order valence-electron chi connectivity index (χ2n) is 6.04. The van der Waals surface area contributed by atoms with Crippen LogP contribution in [0.3, 0.4) is 0 Å². The Morgan fingerprint density at radius 3 is 2.91 bits per heavy atom. The lowest BCUT2D eigenvalue weighted by atomic mass is 10.00. The van der Waals surface area contributed by atoms with Crippen LogP contribution in [-0.2, 0) is 16.6 Å². The molecule has 0 aliphatic carbocycles. The van der Waals surface area contributed by atoms with Crippen molar-refractivity contribution < 1.29 is 12.8 Å². The largest absolute Gasteiger partial charge is 0.337 e. The molecule has 0 bridgehead atoms. The molecule has 0 amide bonds. The van der Waals surface area contributed by atoms with Crippen LogP contribution >= 0.6 is 0 Å². The summed E-state index contributed by atoms with van der Waals surface area (Å²) in [5.41, 5.74) is 0.446. The molecular formula is C16H20FN3O2S. The molecule has 1 aromatic heterocycles. The highest BCUT2D eigenvalue weighted by Crippen LogP contribution is 2.26. The number of sulfonamides is 1. The normalized spacial score (nSPS) is 19.8. The van der Waals surface area contributed by atoms with E-state index in [1.54, 1.807) is 19.4 Å². The Morgan fingerprint density at radius 2 is 2.22 bits per heavy atom. The number of piperidine rings is 1. The molecule has 0 radical (unpaired) electrons. The van der Waals surface area contributed by atoms with Crippen molar-refractivity contribution >= 4 is 10.0 Å². The molecule has 3 rings (SSSR count). The predicted octanol–water partition coefficient (Wildman–Crippen LogP) is 2.43. The summed E-state index contributed by atoms with van der Waals surface area (Å²) in [6.45, 7) is 3.38. The Morgan fingerprint density at radius 1 is 1.39 bits per heavy atom. The minimum atomic E-state index is -3.58. The van der Waals surface area contributed by atoms with Gasteiger partial charge in [-0.3, -0.25) is 0 Å². The van der Waals surface area contributed by atoms with Gasteiger partial charge in [-0.05, 0) is 49.4 Å². The van der Waals surface area contributed by atoms with Crippen molar-refractivity contribution in [3.05, 3.63) is 48.3 Å². The number of rotatable bonds is 4. The van der Waals surface area contributed by atoms with Crippen LogP contribution in [0.15, 0.2) is 41.8 Å². The number of aryl methyl sites for hydroxylation is 1. The minimum Gasteiger partial charge on any atom is -0.337 e. The molecule has 0 spiro atoms. The molecule has 124 valence electrons. The third-order valence-electron chi connectivity index (χ3n) is 4.26. The first-order chi connectivity index (χ1) is 11.0. The molecule has 7 heteroatoms. The third-order valence-corrected chi connectivity index (χ3v) is 6.29. The Labute approximate surface area is 135 Å². The van der Waals surface area contributed by atoms with E-state index >= 15 is 0 Å². The van der Waals surface area contributed by atoms with Gasteiger partial charge in [0.2, 0.25) is 10.0 Å². The molecule has 1 fully saturated rings. The van der Waals surface area contributed by atoms with E-state index in [0.29, 0.717) is 18.7 Å². The average Bonchev–Trinajstić information content (AvgIpc) is 3.00. The van der Waals surface area contributed by atoms with Crippen LogP contribution in [0.1, 0.15) is 18.4 Å². The van der Waals surface area contributed by atoms with E-state index in [1.807, 2.05) is 10.8 Å². The van der Waals surface area contributed by atoms with Gasteiger partial charge in [-0.2, -0.15) is 4.31 Å². The van der Waals surface area contributed by atoms with Gasteiger partial charge in [0, 0.05) is 32.0 Å². The van der Waals surface area contributed by atoms with Crippen LogP contribution in [0.2, 0.25) is 0 Å². The summed E-state index contributed by atoms with van der Waals surface area (Å²) >= 11 is 0. The molecule has 0 saturated carbocycles. The van der Waals surface area contributed by atoms with Gasteiger partial charge in [0.1, 0.15) is 5.82 Å². The Bertz CT molecular complexity index is 775. The zero-order valence-corrected chi connectivity index (χ0v) is 13.8. The monoisotopic (exact) mass is 337 g/mol. The standard InChI is InChI=1S/C16H20FN3O2S/c1-13-9-15(17)4-5-16(13)23(21,22)20-7-2-3-14(11-20)10-19-8-6-18-12-19/h4-6,8-9,12,14H,2-3,7,10-11H2,1H3. The maximum Gasteiger partial charge on any atom is 0.243 e. The lowest BCUT2D eigenvalue weighted by molar-refractivity contribution is 0.245. The maximum atomic E-state index is 13.2. The summed E-state index contributed by atoms with van der Waals surface area (Å²) in [5, 5.41) is 0. The number of hydrogen-bond donors (Lipinski definition) is 0. The Hall–Kier alpha value is -1.73. The summed E-state index contributed by atoms with van der Waals surface area (Å²) in [6, 6.07) is 3.83. The quantitative estimate of drug-likeness (QED) is 0.861. The summed E-state index contributed by atoms with van der Waals surface area (Å²) in [4.78, 5) is 4.21. The van der Waals surface area contributed by atoms with Crippen molar-refractivity contribution in [1.82, 2.24) is 13.9 Å². The van der Waals surface area contributed by atoms with Gasteiger partial charge >= 0.3 is 0 Å². The highest BCUT2D eigenvalue weighted by molar-refractivity contribution is 7.89. The van der Waals surface area contributed by atoms with Gasteiger partial charge in [-0.1, -0.05) is 0 Å². The summed E-state index contributed by atoms with van der Waals surface area (Å²) in [5.74, 6) is -0.161. The van der Waals surface area contributed by atoms with Crippen LogP contribution in [-0.4, -0.2) is 35.4 Å². The molecule has 0 N–H and O–H groups in total. The molecule has 5 nitrogen and oxygen atoms in total. The molecule has 1 saturated heterocycles. The lowest BCUT2D eigenvalue weighted by Gasteiger charge is -2.32. The van der Waals surface area contributed by atoms with Crippen molar-refractivity contribution in [3.8, 4) is 0 Å². The molecule has 1 aliphatic rings. The number of benzene rings is 1. The highest BCUT2D eigenvalue weighted by atomic mass is 32.2. The number of imidazole rings is 1. The van der Waals surface area contributed by atoms with E-state index in [2.05, 4.69) is 4.98 Å². The molecule has 2 heterocycles. The average molecular weight is 337 g/mol. The smallest absolute Gasteiger partial charge is 0.243 e. The van der Waals surface area contributed by atoms with E-state index in [1.165, 1.54) is 22.5 Å². The molecule has 1 unspecified atom stereocenters.